The second-order valence-corrected chi connectivity index (χ2v) is 6.75. The van der Waals surface area contributed by atoms with E-state index in [9.17, 15) is 8.78 Å². The van der Waals surface area contributed by atoms with Crippen molar-refractivity contribution in [2.45, 2.75) is 51.4 Å². The number of hydrogen-bond acceptors (Lipinski definition) is 0. The van der Waals surface area contributed by atoms with E-state index in [1.165, 1.54) is 23.3 Å². The molecule has 24 heavy (non-hydrogen) atoms. The van der Waals surface area contributed by atoms with Gasteiger partial charge in [0.2, 0.25) is 0 Å². The summed E-state index contributed by atoms with van der Waals surface area (Å²) in [6.45, 7) is 5.88. The van der Waals surface area contributed by atoms with Crippen molar-refractivity contribution in [1.82, 2.24) is 0 Å². The summed E-state index contributed by atoms with van der Waals surface area (Å²) in [7, 11) is 0. The van der Waals surface area contributed by atoms with Gasteiger partial charge in [-0.3, -0.25) is 0 Å². The summed E-state index contributed by atoms with van der Waals surface area (Å²) in [5.74, 6) is -0.832. The highest BCUT2D eigenvalue weighted by molar-refractivity contribution is 5.51. The summed E-state index contributed by atoms with van der Waals surface area (Å²) in [5, 5.41) is 0. The monoisotopic (exact) mass is 326 g/mol. The van der Waals surface area contributed by atoms with E-state index >= 15 is 0 Å². The molecule has 1 atom stereocenters. The first kappa shape index (κ1) is 16.9. The minimum atomic E-state index is -0.378. The van der Waals surface area contributed by atoms with Gasteiger partial charge >= 0.3 is 0 Å². The second kappa shape index (κ2) is 7.29. The van der Waals surface area contributed by atoms with Gasteiger partial charge < -0.3 is 0 Å². The van der Waals surface area contributed by atoms with Gasteiger partial charge in [0, 0.05) is 5.56 Å². The Bertz CT molecular complexity index is 723. The number of fused-ring (bicyclic) bond motifs is 1. The Morgan fingerprint density at radius 3 is 2.54 bits per heavy atom. The molecule has 0 saturated heterocycles. The number of hydrogen-bond donors (Lipinski definition) is 0. The lowest BCUT2D eigenvalue weighted by molar-refractivity contribution is 0.489. The van der Waals surface area contributed by atoms with Crippen molar-refractivity contribution < 1.29 is 8.78 Å². The van der Waals surface area contributed by atoms with Crippen LogP contribution in [0.2, 0.25) is 0 Å². The third-order valence-corrected chi connectivity index (χ3v) is 5.06. The molecule has 126 valence electrons. The zero-order valence-corrected chi connectivity index (χ0v) is 14.2. The van der Waals surface area contributed by atoms with Crippen molar-refractivity contribution in [3.05, 3.63) is 76.4 Å². The Hall–Kier alpha value is -1.96. The Balaban J connectivity index is 1.86. The Kier molecular flexibility index (Phi) is 5.13. The molecule has 0 N–H and O–H groups in total. The SMILES string of the molecule is C=Cc1ccc2c(c1)CCC(c1c(F)cc(CCCC)cc1F)C2. The first-order valence-corrected chi connectivity index (χ1v) is 8.84. The standard InChI is InChI=1S/C22H24F2/c1-3-5-6-16-12-20(23)22(21(24)13-16)19-10-9-17-11-15(4-2)7-8-18(17)14-19/h4,7-8,11-13,19H,2-3,5-6,9-10,14H2,1H3. The zero-order chi connectivity index (χ0) is 17.1. The second-order valence-electron chi connectivity index (χ2n) is 6.75. The average Bonchev–Trinajstić information content (AvgIpc) is 2.58. The van der Waals surface area contributed by atoms with E-state index in [1.807, 2.05) is 12.1 Å². The van der Waals surface area contributed by atoms with Gasteiger partial charge in [-0.2, -0.15) is 0 Å². The minimum Gasteiger partial charge on any atom is -0.207 e. The van der Waals surface area contributed by atoms with Crippen LogP contribution in [0.25, 0.3) is 6.08 Å². The lowest BCUT2D eigenvalue weighted by Crippen LogP contribution is -2.16. The van der Waals surface area contributed by atoms with E-state index in [4.69, 9.17) is 0 Å². The van der Waals surface area contributed by atoms with Crippen LogP contribution < -0.4 is 0 Å². The molecule has 2 heteroatoms. The first-order chi connectivity index (χ1) is 11.6. The highest BCUT2D eigenvalue weighted by atomic mass is 19.1. The summed E-state index contributed by atoms with van der Waals surface area (Å²) >= 11 is 0. The topological polar surface area (TPSA) is 0 Å². The molecule has 1 aliphatic rings. The number of benzene rings is 2. The van der Waals surface area contributed by atoms with Crippen LogP contribution in [0, 0.1) is 11.6 Å². The molecule has 2 aromatic carbocycles. The van der Waals surface area contributed by atoms with Crippen molar-refractivity contribution in [1.29, 1.82) is 0 Å². The average molecular weight is 326 g/mol. The highest BCUT2D eigenvalue weighted by Gasteiger charge is 2.25. The maximum absolute atomic E-state index is 14.6. The summed E-state index contributed by atoms with van der Waals surface area (Å²) in [6, 6.07) is 9.30. The fourth-order valence-electron chi connectivity index (χ4n) is 3.70. The molecule has 1 unspecified atom stereocenters. The van der Waals surface area contributed by atoms with Gasteiger partial charge in [-0.1, -0.05) is 44.2 Å². The largest absolute Gasteiger partial charge is 0.207 e. The van der Waals surface area contributed by atoms with Crippen LogP contribution >= 0.6 is 0 Å². The van der Waals surface area contributed by atoms with Crippen LogP contribution in [0.5, 0.6) is 0 Å². The normalized spacial score (nSPS) is 16.7. The molecule has 0 spiro atoms. The molecule has 0 amide bonds. The molecule has 0 saturated carbocycles. The summed E-state index contributed by atoms with van der Waals surface area (Å²) in [6.07, 6.45) is 6.91. The van der Waals surface area contributed by atoms with Crippen molar-refractivity contribution in [3.63, 3.8) is 0 Å². The lowest BCUT2D eigenvalue weighted by Gasteiger charge is -2.26. The first-order valence-electron chi connectivity index (χ1n) is 8.84. The predicted molar refractivity (Wildman–Crippen MR) is 96.3 cm³/mol. The fourth-order valence-corrected chi connectivity index (χ4v) is 3.70. The van der Waals surface area contributed by atoms with Crippen LogP contribution in [0.1, 0.15) is 59.9 Å². The predicted octanol–water partition coefficient (Wildman–Crippen LogP) is 6.22. The Labute approximate surface area is 143 Å². The van der Waals surface area contributed by atoms with Crippen LogP contribution in [0.4, 0.5) is 8.78 Å². The third-order valence-electron chi connectivity index (χ3n) is 5.06. The number of aryl methyl sites for hydroxylation is 2. The number of halogens is 2. The van der Waals surface area contributed by atoms with Crippen LogP contribution in [-0.4, -0.2) is 0 Å². The van der Waals surface area contributed by atoms with E-state index in [-0.39, 0.29) is 23.1 Å². The molecule has 1 aliphatic carbocycles. The van der Waals surface area contributed by atoms with Gasteiger partial charge in [0.15, 0.2) is 0 Å². The van der Waals surface area contributed by atoms with E-state index in [2.05, 4.69) is 25.6 Å². The Morgan fingerprint density at radius 2 is 1.88 bits per heavy atom. The molecule has 0 nitrogen and oxygen atoms in total. The molecule has 3 rings (SSSR count). The molecular weight excluding hydrogens is 302 g/mol. The molecular formula is C22H24F2. The van der Waals surface area contributed by atoms with Gasteiger partial charge in [0.05, 0.1) is 0 Å². The molecule has 0 aromatic heterocycles. The molecule has 0 fully saturated rings. The van der Waals surface area contributed by atoms with E-state index in [0.29, 0.717) is 6.42 Å². The summed E-state index contributed by atoms with van der Waals surface area (Å²) < 4.78 is 29.1. The van der Waals surface area contributed by atoms with Crippen molar-refractivity contribution in [2.75, 3.05) is 0 Å². The zero-order valence-electron chi connectivity index (χ0n) is 14.2. The fraction of sp³-hybridized carbons (Fsp3) is 0.364. The molecule has 0 aliphatic heterocycles. The molecule has 0 radical (unpaired) electrons. The summed E-state index contributed by atoms with van der Waals surface area (Å²) in [5.41, 5.74) is 4.62. The summed E-state index contributed by atoms with van der Waals surface area (Å²) in [4.78, 5) is 0. The molecule has 0 heterocycles. The molecule has 2 aromatic rings. The number of rotatable bonds is 5. The highest BCUT2D eigenvalue weighted by Crippen LogP contribution is 2.36. The van der Waals surface area contributed by atoms with Crippen molar-refractivity contribution >= 4 is 6.08 Å². The van der Waals surface area contributed by atoms with Crippen LogP contribution in [0.15, 0.2) is 36.9 Å². The smallest absolute Gasteiger partial charge is 0.129 e. The number of unbranched alkanes of at least 4 members (excludes halogenated alkanes) is 1. The van der Waals surface area contributed by atoms with E-state index in [0.717, 1.165) is 43.2 Å². The Morgan fingerprint density at radius 1 is 1.12 bits per heavy atom. The van der Waals surface area contributed by atoms with Gasteiger partial charge in [0.25, 0.3) is 0 Å². The van der Waals surface area contributed by atoms with Crippen molar-refractivity contribution in [3.8, 4) is 0 Å². The molecule has 0 bridgehead atoms. The van der Waals surface area contributed by atoms with Gasteiger partial charge in [-0.25, -0.2) is 8.78 Å². The third kappa shape index (κ3) is 3.43. The van der Waals surface area contributed by atoms with Crippen LogP contribution in [0.3, 0.4) is 0 Å². The minimum absolute atomic E-state index is 0.0766. The van der Waals surface area contributed by atoms with E-state index in [1.54, 1.807) is 0 Å². The van der Waals surface area contributed by atoms with Crippen LogP contribution in [-0.2, 0) is 19.3 Å². The maximum atomic E-state index is 14.6. The quantitative estimate of drug-likeness (QED) is 0.611. The van der Waals surface area contributed by atoms with Crippen molar-refractivity contribution in [2.24, 2.45) is 0 Å². The lowest BCUT2D eigenvalue weighted by atomic mass is 9.79. The maximum Gasteiger partial charge on any atom is 0.129 e. The van der Waals surface area contributed by atoms with Gasteiger partial charge in [0.1, 0.15) is 11.6 Å². The van der Waals surface area contributed by atoms with Gasteiger partial charge in [-0.05, 0) is 72.4 Å². The van der Waals surface area contributed by atoms with Gasteiger partial charge in [-0.15, -0.1) is 0 Å². The van der Waals surface area contributed by atoms with E-state index < -0.39 is 0 Å².